The van der Waals surface area contributed by atoms with Crippen LogP contribution >= 0.6 is 23.4 Å². The second-order valence-corrected chi connectivity index (χ2v) is 10.5. The molecule has 8 nitrogen and oxygen atoms in total. The third kappa shape index (κ3) is 6.20. The number of anilines is 1. The van der Waals surface area contributed by atoms with Gasteiger partial charge in [0.2, 0.25) is 5.91 Å². The Labute approximate surface area is 221 Å². The van der Waals surface area contributed by atoms with Gasteiger partial charge in [-0.1, -0.05) is 55.4 Å². The molecule has 2 aromatic carbocycles. The molecule has 190 valence electrons. The smallest absolute Gasteiger partial charge is 0.251 e. The van der Waals surface area contributed by atoms with E-state index < -0.39 is 0 Å². The van der Waals surface area contributed by atoms with Gasteiger partial charge in [-0.2, -0.15) is 0 Å². The molecule has 1 aromatic heterocycles. The zero-order valence-corrected chi connectivity index (χ0v) is 22.3. The first-order valence-corrected chi connectivity index (χ1v) is 13.4. The molecule has 1 saturated heterocycles. The monoisotopic (exact) mass is 526 g/mol. The fourth-order valence-corrected chi connectivity index (χ4v) is 5.10. The number of aromatic nitrogens is 3. The Morgan fingerprint density at radius 3 is 2.31 bits per heavy atom. The van der Waals surface area contributed by atoms with Crippen molar-refractivity contribution in [2.45, 2.75) is 25.0 Å². The van der Waals surface area contributed by atoms with Crippen molar-refractivity contribution in [2.24, 2.45) is 13.0 Å². The van der Waals surface area contributed by atoms with Crippen molar-refractivity contribution in [2.75, 3.05) is 36.8 Å². The number of nitrogens with one attached hydrogen (secondary N) is 1. The second-order valence-electron chi connectivity index (χ2n) is 9.09. The van der Waals surface area contributed by atoms with Crippen LogP contribution in [0.5, 0.6) is 0 Å². The van der Waals surface area contributed by atoms with Crippen LogP contribution in [-0.4, -0.2) is 63.4 Å². The van der Waals surface area contributed by atoms with Crippen LogP contribution in [0.1, 0.15) is 36.1 Å². The third-order valence-electron chi connectivity index (χ3n) is 6.28. The lowest BCUT2D eigenvalue weighted by molar-refractivity contribution is -0.128. The summed E-state index contributed by atoms with van der Waals surface area (Å²) in [5.41, 5.74) is 1.72. The molecule has 3 aromatic rings. The average Bonchev–Trinajstić information content (AvgIpc) is 3.26. The molecule has 0 unspecified atom stereocenters. The van der Waals surface area contributed by atoms with Crippen LogP contribution in [0.25, 0.3) is 0 Å². The Balaban J connectivity index is 1.34. The van der Waals surface area contributed by atoms with Crippen molar-refractivity contribution in [3.05, 3.63) is 71.0 Å². The molecule has 2 amide bonds. The summed E-state index contributed by atoms with van der Waals surface area (Å²) < 4.78 is 1.86. The molecule has 0 spiro atoms. The summed E-state index contributed by atoms with van der Waals surface area (Å²) in [7, 11) is 1.87. The number of hydrogen-bond acceptors (Lipinski definition) is 6. The van der Waals surface area contributed by atoms with E-state index in [-0.39, 0.29) is 23.8 Å². The van der Waals surface area contributed by atoms with E-state index in [1.165, 1.54) is 17.4 Å². The highest BCUT2D eigenvalue weighted by Gasteiger charge is 2.26. The number of thioether (sulfide) groups is 1. The molecular formula is C26H31ClN6O2S. The quantitative estimate of drug-likeness (QED) is 0.446. The van der Waals surface area contributed by atoms with Crippen LogP contribution in [0.4, 0.5) is 5.69 Å². The lowest BCUT2D eigenvalue weighted by Crippen LogP contribution is -2.49. The predicted octanol–water partition coefficient (Wildman–Crippen LogP) is 4.04. The van der Waals surface area contributed by atoms with E-state index in [1.807, 2.05) is 48.6 Å². The van der Waals surface area contributed by atoms with Crippen LogP contribution in [0.15, 0.2) is 59.8 Å². The van der Waals surface area contributed by atoms with Crippen molar-refractivity contribution in [3.8, 4) is 0 Å². The molecule has 0 aliphatic carbocycles. The SMILES string of the molecule is CC(C)[C@H](NC(=O)c1ccc(Cl)cc1)c1nnc(SCC(=O)N2CCN(c3ccccc3)CC2)n1C. The zero-order valence-electron chi connectivity index (χ0n) is 20.7. The minimum atomic E-state index is -0.332. The number of benzene rings is 2. The number of piperazine rings is 1. The topological polar surface area (TPSA) is 83.4 Å². The highest BCUT2D eigenvalue weighted by Crippen LogP contribution is 2.25. The van der Waals surface area contributed by atoms with Gasteiger partial charge in [0.1, 0.15) is 0 Å². The lowest BCUT2D eigenvalue weighted by atomic mass is 10.0. The maximum Gasteiger partial charge on any atom is 0.251 e. The van der Waals surface area contributed by atoms with Gasteiger partial charge in [0.15, 0.2) is 11.0 Å². The third-order valence-corrected chi connectivity index (χ3v) is 7.54. The maximum atomic E-state index is 12.9. The largest absolute Gasteiger partial charge is 0.368 e. The van der Waals surface area contributed by atoms with Gasteiger partial charge < -0.3 is 19.7 Å². The Morgan fingerprint density at radius 2 is 1.67 bits per heavy atom. The summed E-state index contributed by atoms with van der Waals surface area (Å²) in [6.07, 6.45) is 0. The summed E-state index contributed by atoms with van der Waals surface area (Å²) in [6, 6.07) is 16.7. The predicted molar refractivity (Wildman–Crippen MR) is 143 cm³/mol. The molecule has 1 fully saturated rings. The van der Waals surface area contributed by atoms with E-state index in [2.05, 4.69) is 32.5 Å². The van der Waals surface area contributed by atoms with Crippen molar-refractivity contribution < 1.29 is 9.59 Å². The van der Waals surface area contributed by atoms with Crippen molar-refractivity contribution in [1.29, 1.82) is 0 Å². The summed E-state index contributed by atoms with van der Waals surface area (Å²) in [6.45, 7) is 7.07. The van der Waals surface area contributed by atoms with E-state index in [0.717, 1.165) is 13.1 Å². The van der Waals surface area contributed by atoms with Crippen LogP contribution in [0.3, 0.4) is 0 Å². The van der Waals surface area contributed by atoms with Crippen molar-refractivity contribution in [1.82, 2.24) is 25.0 Å². The van der Waals surface area contributed by atoms with Crippen LogP contribution in [0.2, 0.25) is 5.02 Å². The Bertz CT molecular complexity index is 1180. The van der Waals surface area contributed by atoms with Gasteiger partial charge in [0.25, 0.3) is 5.91 Å². The molecule has 4 rings (SSSR count). The highest BCUT2D eigenvalue weighted by atomic mass is 35.5. The fraction of sp³-hybridized carbons (Fsp3) is 0.385. The van der Waals surface area contributed by atoms with Gasteiger partial charge in [0.05, 0.1) is 11.8 Å². The molecule has 2 heterocycles. The molecule has 1 aliphatic heterocycles. The number of nitrogens with zero attached hydrogens (tertiary/aromatic N) is 5. The number of para-hydroxylation sites is 1. The summed E-state index contributed by atoms with van der Waals surface area (Å²) in [5, 5.41) is 13.0. The standard InChI is InChI=1S/C26H31ClN6O2S/c1-18(2)23(28-25(35)19-9-11-20(27)12-10-19)24-29-30-26(31(24)3)36-17-22(34)33-15-13-32(14-16-33)21-7-5-4-6-8-21/h4-12,18,23H,13-17H2,1-3H3,(H,28,35)/t23-/m0/s1. The van der Waals surface area contributed by atoms with Crippen molar-refractivity contribution in [3.63, 3.8) is 0 Å². The minimum Gasteiger partial charge on any atom is -0.368 e. The number of hydrogen-bond donors (Lipinski definition) is 1. The van der Waals surface area contributed by atoms with Gasteiger partial charge in [-0.3, -0.25) is 9.59 Å². The van der Waals surface area contributed by atoms with Gasteiger partial charge in [-0.05, 0) is 42.3 Å². The number of halogens is 1. The zero-order chi connectivity index (χ0) is 25.7. The highest BCUT2D eigenvalue weighted by molar-refractivity contribution is 7.99. The van der Waals surface area contributed by atoms with Crippen LogP contribution in [0, 0.1) is 5.92 Å². The lowest BCUT2D eigenvalue weighted by Gasteiger charge is -2.36. The van der Waals surface area contributed by atoms with Crippen molar-refractivity contribution >= 4 is 40.9 Å². The van der Waals surface area contributed by atoms with Crippen LogP contribution in [-0.2, 0) is 11.8 Å². The molecule has 1 atom stereocenters. The van der Waals surface area contributed by atoms with Gasteiger partial charge in [0, 0.05) is 49.5 Å². The Morgan fingerprint density at radius 1 is 1.00 bits per heavy atom. The molecule has 1 N–H and O–H groups in total. The van der Waals surface area contributed by atoms with E-state index >= 15 is 0 Å². The summed E-state index contributed by atoms with van der Waals surface area (Å²) in [5.74, 6) is 0.922. The van der Waals surface area contributed by atoms with Crippen LogP contribution < -0.4 is 10.2 Å². The molecule has 0 radical (unpaired) electrons. The summed E-state index contributed by atoms with van der Waals surface area (Å²) in [4.78, 5) is 29.9. The van der Waals surface area contributed by atoms with E-state index in [1.54, 1.807) is 24.3 Å². The number of amides is 2. The first-order valence-electron chi connectivity index (χ1n) is 12.0. The molecule has 0 bridgehead atoms. The minimum absolute atomic E-state index is 0.0875. The molecule has 36 heavy (non-hydrogen) atoms. The molecular weight excluding hydrogens is 496 g/mol. The number of carbonyl (C=O) groups is 2. The molecule has 1 aliphatic rings. The molecule has 0 saturated carbocycles. The number of carbonyl (C=O) groups excluding carboxylic acids is 2. The normalized spacial score (nSPS) is 14.7. The summed E-state index contributed by atoms with van der Waals surface area (Å²) >= 11 is 7.31. The average molecular weight is 527 g/mol. The Kier molecular flexibility index (Phi) is 8.53. The van der Waals surface area contributed by atoms with Gasteiger partial charge in [-0.25, -0.2) is 0 Å². The molecule has 10 heteroatoms. The van der Waals surface area contributed by atoms with E-state index in [9.17, 15) is 9.59 Å². The van der Waals surface area contributed by atoms with Gasteiger partial charge in [-0.15, -0.1) is 10.2 Å². The first kappa shape index (κ1) is 26.0. The van der Waals surface area contributed by atoms with E-state index in [0.29, 0.717) is 40.4 Å². The first-order chi connectivity index (χ1) is 17.3. The second kappa shape index (κ2) is 11.8. The Hall–Kier alpha value is -3.04. The maximum absolute atomic E-state index is 12.9. The number of rotatable bonds is 8. The van der Waals surface area contributed by atoms with E-state index in [4.69, 9.17) is 11.6 Å². The fourth-order valence-electron chi connectivity index (χ4n) is 4.15. The van der Waals surface area contributed by atoms with Gasteiger partial charge >= 0.3 is 0 Å².